The van der Waals surface area contributed by atoms with Crippen LogP contribution in [0.2, 0.25) is 0 Å². The average Bonchev–Trinajstić information content (AvgIpc) is 2.46. The summed E-state index contributed by atoms with van der Waals surface area (Å²) in [6.45, 7) is 2.04. The largest absolute Gasteiger partial charge is 0.479 e. The molecule has 0 bridgehead atoms. The van der Waals surface area contributed by atoms with E-state index in [0.29, 0.717) is 6.42 Å². The lowest BCUT2D eigenvalue weighted by Gasteiger charge is -2.16. The van der Waals surface area contributed by atoms with Gasteiger partial charge in [0, 0.05) is 0 Å². The molecule has 0 saturated carbocycles. The van der Waals surface area contributed by atoms with Crippen molar-refractivity contribution in [2.45, 2.75) is 38.7 Å². The number of para-hydroxylation sites is 1. The molecule has 0 spiro atoms. The van der Waals surface area contributed by atoms with Crippen LogP contribution in [0, 0.1) is 0 Å². The molecule has 1 aromatic carbocycles. The van der Waals surface area contributed by atoms with E-state index in [4.69, 9.17) is 4.74 Å². The number of ether oxygens (including phenoxy) is 2. The predicted molar refractivity (Wildman–Crippen MR) is 74.0 cm³/mol. The number of aliphatic carboxylic acids is 1. The summed E-state index contributed by atoms with van der Waals surface area (Å²) in [7, 11) is 1.27. The zero-order valence-electron chi connectivity index (χ0n) is 11.8. The Hall–Kier alpha value is -2.04. The smallest absolute Gasteiger partial charge is 0.344 e. The second-order valence-electron chi connectivity index (χ2n) is 4.43. The van der Waals surface area contributed by atoms with Crippen LogP contribution in [0.25, 0.3) is 0 Å². The molecule has 0 fully saturated rings. The molecule has 0 aliphatic carbocycles. The highest BCUT2D eigenvalue weighted by molar-refractivity contribution is 5.92. The van der Waals surface area contributed by atoms with Gasteiger partial charge in [-0.3, -0.25) is 0 Å². The number of esters is 1. The van der Waals surface area contributed by atoms with E-state index in [9.17, 15) is 14.7 Å². The molecule has 20 heavy (non-hydrogen) atoms. The fourth-order valence-electron chi connectivity index (χ4n) is 1.81. The molecule has 110 valence electrons. The van der Waals surface area contributed by atoms with Crippen LogP contribution in [-0.2, 0) is 9.53 Å². The minimum absolute atomic E-state index is 0.233. The van der Waals surface area contributed by atoms with Crippen molar-refractivity contribution in [2.24, 2.45) is 0 Å². The second kappa shape index (κ2) is 8.19. The molecule has 1 unspecified atom stereocenters. The molecule has 1 atom stereocenters. The summed E-state index contributed by atoms with van der Waals surface area (Å²) in [5.74, 6) is -1.33. The van der Waals surface area contributed by atoms with Crippen LogP contribution in [-0.4, -0.2) is 30.3 Å². The van der Waals surface area contributed by atoms with Crippen molar-refractivity contribution in [3.8, 4) is 5.75 Å². The number of hydrogen-bond acceptors (Lipinski definition) is 4. The molecule has 0 heterocycles. The molecule has 5 nitrogen and oxygen atoms in total. The van der Waals surface area contributed by atoms with Crippen molar-refractivity contribution in [3.63, 3.8) is 0 Å². The second-order valence-corrected chi connectivity index (χ2v) is 4.43. The van der Waals surface area contributed by atoms with Crippen molar-refractivity contribution >= 4 is 11.9 Å². The SMILES string of the molecule is CCCCCC(Oc1ccccc1C(=O)OC)C(=O)O. The van der Waals surface area contributed by atoms with Crippen molar-refractivity contribution in [3.05, 3.63) is 29.8 Å². The maximum absolute atomic E-state index is 11.6. The van der Waals surface area contributed by atoms with Gasteiger partial charge >= 0.3 is 11.9 Å². The van der Waals surface area contributed by atoms with Gasteiger partial charge in [0.25, 0.3) is 0 Å². The first-order chi connectivity index (χ1) is 9.60. The molecule has 0 aliphatic rings. The Kier molecular flexibility index (Phi) is 6.56. The van der Waals surface area contributed by atoms with Gasteiger partial charge in [-0.2, -0.15) is 0 Å². The lowest BCUT2D eigenvalue weighted by atomic mass is 10.1. The van der Waals surface area contributed by atoms with Crippen molar-refractivity contribution in [2.75, 3.05) is 7.11 Å². The summed E-state index contributed by atoms with van der Waals surface area (Å²) in [6, 6.07) is 6.48. The number of carboxylic acid groups (broad SMARTS) is 1. The van der Waals surface area contributed by atoms with E-state index in [1.165, 1.54) is 7.11 Å². The molecule has 5 heteroatoms. The van der Waals surface area contributed by atoms with Gasteiger partial charge in [-0.1, -0.05) is 31.9 Å². The van der Waals surface area contributed by atoms with E-state index in [2.05, 4.69) is 4.74 Å². The van der Waals surface area contributed by atoms with Gasteiger partial charge in [0.1, 0.15) is 11.3 Å². The van der Waals surface area contributed by atoms with Gasteiger partial charge in [-0.05, 0) is 25.0 Å². The normalized spacial score (nSPS) is 11.7. The van der Waals surface area contributed by atoms with E-state index in [-0.39, 0.29) is 11.3 Å². The Morgan fingerprint density at radius 3 is 2.55 bits per heavy atom. The van der Waals surface area contributed by atoms with E-state index >= 15 is 0 Å². The highest BCUT2D eigenvalue weighted by Crippen LogP contribution is 2.21. The third-order valence-corrected chi connectivity index (χ3v) is 2.91. The fraction of sp³-hybridized carbons (Fsp3) is 0.467. The summed E-state index contributed by atoms with van der Waals surface area (Å²) < 4.78 is 10.1. The van der Waals surface area contributed by atoms with Crippen molar-refractivity contribution < 1.29 is 24.2 Å². The van der Waals surface area contributed by atoms with Gasteiger partial charge in [-0.15, -0.1) is 0 Å². The number of unbranched alkanes of at least 4 members (excludes halogenated alkanes) is 2. The molecule has 1 aromatic rings. The fourth-order valence-corrected chi connectivity index (χ4v) is 1.81. The van der Waals surface area contributed by atoms with E-state index in [1.807, 2.05) is 6.92 Å². The highest BCUT2D eigenvalue weighted by Gasteiger charge is 2.22. The summed E-state index contributed by atoms with van der Waals surface area (Å²) >= 11 is 0. The number of rotatable bonds is 8. The van der Waals surface area contributed by atoms with Crippen LogP contribution in [0.4, 0.5) is 0 Å². The van der Waals surface area contributed by atoms with Crippen LogP contribution in [0.1, 0.15) is 43.0 Å². The van der Waals surface area contributed by atoms with E-state index in [1.54, 1.807) is 24.3 Å². The Morgan fingerprint density at radius 2 is 1.95 bits per heavy atom. The minimum atomic E-state index is -1.03. The minimum Gasteiger partial charge on any atom is -0.479 e. The summed E-state index contributed by atoms with van der Waals surface area (Å²) in [5.41, 5.74) is 0.233. The molecule has 0 amide bonds. The molecule has 0 aromatic heterocycles. The number of benzene rings is 1. The predicted octanol–water partition coefficient (Wildman–Crippen LogP) is 2.89. The topological polar surface area (TPSA) is 72.8 Å². The van der Waals surface area contributed by atoms with Gasteiger partial charge in [0.2, 0.25) is 0 Å². The lowest BCUT2D eigenvalue weighted by molar-refractivity contribution is -0.145. The number of methoxy groups -OCH3 is 1. The molecule has 0 saturated heterocycles. The Balaban J connectivity index is 2.83. The zero-order valence-corrected chi connectivity index (χ0v) is 11.8. The van der Waals surface area contributed by atoms with E-state index in [0.717, 1.165) is 19.3 Å². The van der Waals surface area contributed by atoms with Gasteiger partial charge in [0.15, 0.2) is 6.10 Å². The number of carbonyl (C=O) groups excluding carboxylic acids is 1. The average molecular weight is 280 g/mol. The van der Waals surface area contributed by atoms with Crippen molar-refractivity contribution in [1.29, 1.82) is 0 Å². The summed E-state index contributed by atoms with van der Waals surface area (Å²) in [4.78, 5) is 22.8. The van der Waals surface area contributed by atoms with Crippen LogP contribution < -0.4 is 4.74 Å². The molecule has 0 aliphatic heterocycles. The standard InChI is InChI=1S/C15H20O5/c1-3-4-5-10-13(14(16)17)20-12-9-7-6-8-11(12)15(18)19-2/h6-9,13H,3-5,10H2,1-2H3,(H,16,17). The first-order valence-electron chi connectivity index (χ1n) is 6.67. The molecule has 0 radical (unpaired) electrons. The Bertz CT molecular complexity index is 455. The van der Waals surface area contributed by atoms with Crippen LogP contribution >= 0.6 is 0 Å². The maximum atomic E-state index is 11.6. The van der Waals surface area contributed by atoms with Gasteiger partial charge < -0.3 is 14.6 Å². The van der Waals surface area contributed by atoms with Gasteiger partial charge in [0.05, 0.1) is 7.11 Å². The van der Waals surface area contributed by atoms with Gasteiger partial charge in [-0.25, -0.2) is 9.59 Å². The maximum Gasteiger partial charge on any atom is 0.344 e. The quantitative estimate of drug-likeness (QED) is 0.585. The lowest BCUT2D eigenvalue weighted by Crippen LogP contribution is -2.27. The molecular formula is C15H20O5. The monoisotopic (exact) mass is 280 g/mol. The molecule has 1 N–H and O–H groups in total. The summed E-state index contributed by atoms with van der Waals surface area (Å²) in [6.07, 6.45) is 2.19. The summed E-state index contributed by atoms with van der Waals surface area (Å²) in [5, 5.41) is 9.18. The highest BCUT2D eigenvalue weighted by atomic mass is 16.5. The van der Waals surface area contributed by atoms with Crippen LogP contribution in [0.15, 0.2) is 24.3 Å². The molecular weight excluding hydrogens is 260 g/mol. The Morgan fingerprint density at radius 1 is 1.25 bits per heavy atom. The van der Waals surface area contributed by atoms with Crippen LogP contribution in [0.3, 0.4) is 0 Å². The zero-order chi connectivity index (χ0) is 15.0. The molecule has 1 rings (SSSR count). The van der Waals surface area contributed by atoms with Crippen molar-refractivity contribution in [1.82, 2.24) is 0 Å². The number of carboxylic acids is 1. The number of hydrogen-bond donors (Lipinski definition) is 1. The first kappa shape index (κ1) is 16.0. The third kappa shape index (κ3) is 4.57. The van der Waals surface area contributed by atoms with Crippen LogP contribution in [0.5, 0.6) is 5.75 Å². The van der Waals surface area contributed by atoms with E-state index < -0.39 is 18.0 Å². The Labute approximate surface area is 118 Å². The third-order valence-electron chi connectivity index (χ3n) is 2.91. The number of carbonyl (C=O) groups is 2. The first-order valence-corrected chi connectivity index (χ1v) is 6.67.